The lowest BCUT2D eigenvalue weighted by molar-refractivity contribution is -0.123. The number of carbonyl (C=O) groups is 1. The van der Waals surface area contributed by atoms with Gasteiger partial charge in [-0.25, -0.2) is 4.39 Å². The van der Waals surface area contributed by atoms with Gasteiger partial charge in [0.15, 0.2) is 0 Å². The highest BCUT2D eigenvalue weighted by Crippen LogP contribution is 2.13. The fourth-order valence-corrected chi connectivity index (χ4v) is 1.62. The van der Waals surface area contributed by atoms with Crippen molar-refractivity contribution in [3.05, 3.63) is 35.6 Å². The Morgan fingerprint density at radius 3 is 2.82 bits per heavy atom. The van der Waals surface area contributed by atoms with Gasteiger partial charge in [-0.1, -0.05) is 25.5 Å². The molecule has 0 heterocycles. The first-order valence-electron chi connectivity index (χ1n) is 5.86. The van der Waals surface area contributed by atoms with E-state index in [-0.39, 0.29) is 17.8 Å². The van der Waals surface area contributed by atoms with Gasteiger partial charge in [0.05, 0.1) is 12.1 Å². The second kappa shape index (κ2) is 6.35. The van der Waals surface area contributed by atoms with Gasteiger partial charge >= 0.3 is 0 Å². The summed E-state index contributed by atoms with van der Waals surface area (Å²) in [6, 6.07) is 5.47. The second-order valence-corrected chi connectivity index (χ2v) is 4.18. The van der Waals surface area contributed by atoms with E-state index in [1.54, 1.807) is 12.1 Å². The van der Waals surface area contributed by atoms with Crippen LogP contribution in [0.3, 0.4) is 0 Å². The van der Waals surface area contributed by atoms with Crippen molar-refractivity contribution in [3.63, 3.8) is 0 Å². The van der Waals surface area contributed by atoms with E-state index in [0.717, 1.165) is 12.0 Å². The summed E-state index contributed by atoms with van der Waals surface area (Å²) in [7, 11) is 0. The van der Waals surface area contributed by atoms with E-state index < -0.39 is 6.04 Å². The molecule has 1 amide bonds. The van der Waals surface area contributed by atoms with E-state index in [1.165, 1.54) is 12.1 Å². The number of nitrogens with two attached hydrogens (primary N) is 1. The fourth-order valence-electron chi connectivity index (χ4n) is 1.62. The third kappa shape index (κ3) is 4.15. The standard InChI is InChI=1S/C13H19FN2O/c1-3-5-12(15)13(17)16-9(2)10-6-4-7-11(14)8-10/h4,6-9,12H,3,5,15H2,1-2H3,(H,16,17). The largest absolute Gasteiger partial charge is 0.348 e. The first kappa shape index (κ1) is 13.6. The molecule has 0 fully saturated rings. The van der Waals surface area contributed by atoms with Gasteiger partial charge in [0.1, 0.15) is 5.82 Å². The Balaban J connectivity index is 2.60. The molecule has 1 aromatic carbocycles. The lowest BCUT2D eigenvalue weighted by atomic mass is 10.1. The zero-order valence-corrected chi connectivity index (χ0v) is 10.2. The van der Waals surface area contributed by atoms with Crippen LogP contribution in [0.25, 0.3) is 0 Å². The second-order valence-electron chi connectivity index (χ2n) is 4.18. The monoisotopic (exact) mass is 238 g/mol. The molecule has 1 aromatic rings. The maximum absolute atomic E-state index is 13.0. The first-order valence-corrected chi connectivity index (χ1v) is 5.86. The summed E-state index contributed by atoms with van der Waals surface area (Å²) in [5.41, 5.74) is 6.44. The van der Waals surface area contributed by atoms with Crippen LogP contribution in [0.4, 0.5) is 4.39 Å². The Labute approximate surface area is 101 Å². The van der Waals surface area contributed by atoms with E-state index in [4.69, 9.17) is 5.73 Å². The lowest BCUT2D eigenvalue weighted by Gasteiger charge is -2.17. The van der Waals surface area contributed by atoms with Gasteiger partial charge in [-0.3, -0.25) is 4.79 Å². The van der Waals surface area contributed by atoms with Gasteiger partial charge in [0.25, 0.3) is 0 Å². The molecule has 4 heteroatoms. The number of amides is 1. The molecule has 0 spiro atoms. The Bertz CT molecular complexity index is 381. The van der Waals surface area contributed by atoms with Crippen molar-refractivity contribution in [1.29, 1.82) is 0 Å². The number of carbonyl (C=O) groups excluding carboxylic acids is 1. The molecule has 17 heavy (non-hydrogen) atoms. The van der Waals surface area contributed by atoms with Gasteiger partial charge in [-0.15, -0.1) is 0 Å². The average molecular weight is 238 g/mol. The van der Waals surface area contributed by atoms with E-state index in [2.05, 4.69) is 5.32 Å². The van der Waals surface area contributed by atoms with Crippen molar-refractivity contribution in [1.82, 2.24) is 5.32 Å². The molecule has 0 aromatic heterocycles. The Morgan fingerprint density at radius 1 is 1.53 bits per heavy atom. The van der Waals surface area contributed by atoms with Gasteiger partial charge in [-0.2, -0.15) is 0 Å². The Kier molecular flexibility index (Phi) is 5.10. The zero-order valence-electron chi connectivity index (χ0n) is 10.2. The molecule has 94 valence electrons. The predicted molar refractivity (Wildman–Crippen MR) is 65.8 cm³/mol. The number of benzene rings is 1. The fraction of sp³-hybridized carbons (Fsp3) is 0.462. The van der Waals surface area contributed by atoms with Crippen LogP contribution in [0.2, 0.25) is 0 Å². The maximum Gasteiger partial charge on any atom is 0.237 e. The topological polar surface area (TPSA) is 55.1 Å². The molecule has 2 atom stereocenters. The highest BCUT2D eigenvalue weighted by molar-refractivity contribution is 5.81. The molecule has 2 unspecified atom stereocenters. The highest BCUT2D eigenvalue weighted by atomic mass is 19.1. The molecule has 3 N–H and O–H groups in total. The van der Waals surface area contributed by atoms with Crippen LogP contribution in [0.5, 0.6) is 0 Å². The maximum atomic E-state index is 13.0. The summed E-state index contributed by atoms with van der Waals surface area (Å²) in [4.78, 5) is 11.7. The minimum atomic E-state index is -0.490. The SMILES string of the molecule is CCCC(N)C(=O)NC(C)c1cccc(F)c1. The van der Waals surface area contributed by atoms with Crippen molar-refractivity contribution in [3.8, 4) is 0 Å². The molecule has 0 saturated carbocycles. The first-order chi connectivity index (χ1) is 8.04. The van der Waals surface area contributed by atoms with Crippen LogP contribution in [-0.2, 0) is 4.79 Å². The highest BCUT2D eigenvalue weighted by Gasteiger charge is 2.15. The number of halogens is 1. The predicted octanol–water partition coefficient (Wildman–Crippen LogP) is 2.13. The minimum Gasteiger partial charge on any atom is -0.348 e. The molecule has 3 nitrogen and oxygen atoms in total. The summed E-state index contributed by atoms with van der Waals surface area (Å²) < 4.78 is 13.0. The molecule has 0 aliphatic carbocycles. The third-order valence-corrected chi connectivity index (χ3v) is 2.64. The van der Waals surface area contributed by atoms with Gasteiger partial charge in [0.2, 0.25) is 5.91 Å². The molecular weight excluding hydrogens is 219 g/mol. The summed E-state index contributed by atoms with van der Waals surface area (Å²) >= 11 is 0. The van der Waals surface area contributed by atoms with E-state index in [1.807, 2.05) is 13.8 Å². The van der Waals surface area contributed by atoms with Crippen LogP contribution in [0.1, 0.15) is 38.3 Å². The summed E-state index contributed by atoms with van der Waals surface area (Å²) in [6.45, 7) is 3.79. The molecule has 0 aliphatic heterocycles. The van der Waals surface area contributed by atoms with Crippen LogP contribution in [0.15, 0.2) is 24.3 Å². The van der Waals surface area contributed by atoms with Crippen molar-refractivity contribution in [2.75, 3.05) is 0 Å². The zero-order chi connectivity index (χ0) is 12.8. The smallest absolute Gasteiger partial charge is 0.237 e. The quantitative estimate of drug-likeness (QED) is 0.825. The molecule has 0 saturated heterocycles. The number of hydrogen-bond donors (Lipinski definition) is 2. The molecule has 0 aliphatic rings. The van der Waals surface area contributed by atoms with Crippen molar-refractivity contribution in [2.24, 2.45) is 5.73 Å². The van der Waals surface area contributed by atoms with Crippen LogP contribution in [0, 0.1) is 5.82 Å². The molecule has 0 radical (unpaired) electrons. The summed E-state index contributed by atoms with van der Waals surface area (Å²) in [5, 5.41) is 2.78. The van der Waals surface area contributed by atoms with Crippen molar-refractivity contribution < 1.29 is 9.18 Å². The number of hydrogen-bond acceptors (Lipinski definition) is 2. The van der Waals surface area contributed by atoms with Gasteiger partial charge in [0, 0.05) is 0 Å². The molecule has 1 rings (SSSR count). The Morgan fingerprint density at radius 2 is 2.24 bits per heavy atom. The number of rotatable bonds is 5. The van der Waals surface area contributed by atoms with Crippen LogP contribution in [-0.4, -0.2) is 11.9 Å². The average Bonchev–Trinajstić information content (AvgIpc) is 2.29. The van der Waals surface area contributed by atoms with Gasteiger partial charge < -0.3 is 11.1 Å². The summed E-state index contributed by atoms with van der Waals surface area (Å²) in [5.74, 6) is -0.495. The minimum absolute atomic E-state index is 0.191. The molecule has 0 bridgehead atoms. The van der Waals surface area contributed by atoms with E-state index in [0.29, 0.717) is 6.42 Å². The van der Waals surface area contributed by atoms with E-state index >= 15 is 0 Å². The van der Waals surface area contributed by atoms with Crippen molar-refractivity contribution >= 4 is 5.91 Å². The van der Waals surface area contributed by atoms with E-state index in [9.17, 15) is 9.18 Å². The number of nitrogens with one attached hydrogen (secondary N) is 1. The normalized spacial score (nSPS) is 14.1. The molecular formula is C13H19FN2O. The van der Waals surface area contributed by atoms with Crippen molar-refractivity contribution in [2.45, 2.75) is 38.8 Å². The van der Waals surface area contributed by atoms with Gasteiger partial charge in [-0.05, 0) is 31.0 Å². The van der Waals surface area contributed by atoms with Crippen LogP contribution < -0.4 is 11.1 Å². The van der Waals surface area contributed by atoms with Crippen LogP contribution >= 0.6 is 0 Å². The Hall–Kier alpha value is -1.42. The third-order valence-electron chi connectivity index (χ3n) is 2.64. The summed E-state index contributed by atoms with van der Waals surface area (Å²) in [6.07, 6.45) is 1.52. The lowest BCUT2D eigenvalue weighted by Crippen LogP contribution is -2.41.